The van der Waals surface area contributed by atoms with Gasteiger partial charge in [0.05, 0.1) is 23.4 Å². The van der Waals surface area contributed by atoms with Crippen molar-refractivity contribution in [2.24, 2.45) is 5.92 Å². The number of carbonyl (C=O) groups excluding carboxylic acids is 1. The van der Waals surface area contributed by atoms with Gasteiger partial charge in [-0.05, 0) is 31.0 Å². The zero-order valence-corrected chi connectivity index (χ0v) is 14.2. The van der Waals surface area contributed by atoms with Crippen LogP contribution in [0.2, 0.25) is 0 Å². The van der Waals surface area contributed by atoms with Crippen molar-refractivity contribution in [3.8, 4) is 11.3 Å². The van der Waals surface area contributed by atoms with Crippen LogP contribution in [-0.4, -0.2) is 17.6 Å². The summed E-state index contributed by atoms with van der Waals surface area (Å²) in [6.45, 7) is 6.47. The number of hydrogen-bond acceptors (Lipinski definition) is 3. The van der Waals surface area contributed by atoms with E-state index < -0.39 is 0 Å². The molecule has 3 heteroatoms. The number of hydrogen-bond donors (Lipinski definition) is 0. The standard InChI is InChI=1S/C21H21NO2/c1-14(2)13-24-21(23)18-12-20(16-7-5-4-6-8-16)22-19-10-9-15(3)11-17(18)19/h4-12,14H,13H2,1-3H3. The summed E-state index contributed by atoms with van der Waals surface area (Å²) in [4.78, 5) is 17.3. The Morgan fingerprint density at radius 3 is 2.54 bits per heavy atom. The van der Waals surface area contributed by atoms with Crippen LogP contribution in [0.15, 0.2) is 54.6 Å². The van der Waals surface area contributed by atoms with E-state index in [4.69, 9.17) is 9.72 Å². The summed E-state index contributed by atoms with van der Waals surface area (Å²) in [5.74, 6) is 0.0104. The molecule has 0 unspecified atom stereocenters. The molecule has 0 atom stereocenters. The number of aryl methyl sites for hydroxylation is 1. The van der Waals surface area contributed by atoms with Gasteiger partial charge in [-0.2, -0.15) is 0 Å². The molecular weight excluding hydrogens is 298 g/mol. The van der Waals surface area contributed by atoms with Crippen molar-refractivity contribution >= 4 is 16.9 Å². The van der Waals surface area contributed by atoms with Crippen LogP contribution in [0.4, 0.5) is 0 Å². The molecule has 0 bridgehead atoms. The SMILES string of the molecule is Cc1ccc2nc(-c3ccccc3)cc(C(=O)OCC(C)C)c2c1. The molecule has 0 spiro atoms. The molecule has 122 valence electrons. The molecular formula is C21H21NO2. The molecule has 0 saturated heterocycles. The topological polar surface area (TPSA) is 39.2 Å². The van der Waals surface area contributed by atoms with Crippen molar-refractivity contribution < 1.29 is 9.53 Å². The summed E-state index contributed by atoms with van der Waals surface area (Å²) in [5, 5.41) is 0.837. The Kier molecular flexibility index (Phi) is 4.61. The van der Waals surface area contributed by atoms with Gasteiger partial charge in [-0.15, -0.1) is 0 Å². The quantitative estimate of drug-likeness (QED) is 0.634. The van der Waals surface area contributed by atoms with E-state index >= 15 is 0 Å². The van der Waals surface area contributed by atoms with Gasteiger partial charge in [-0.25, -0.2) is 9.78 Å². The predicted octanol–water partition coefficient (Wildman–Crippen LogP) is 5.02. The average molecular weight is 319 g/mol. The smallest absolute Gasteiger partial charge is 0.338 e. The first-order valence-corrected chi connectivity index (χ1v) is 8.18. The lowest BCUT2D eigenvalue weighted by Gasteiger charge is -2.12. The third-order valence-corrected chi connectivity index (χ3v) is 3.80. The maximum absolute atomic E-state index is 12.6. The predicted molar refractivity (Wildman–Crippen MR) is 97.0 cm³/mol. The van der Waals surface area contributed by atoms with Crippen molar-refractivity contribution in [3.05, 3.63) is 65.7 Å². The van der Waals surface area contributed by atoms with Crippen molar-refractivity contribution in [2.75, 3.05) is 6.61 Å². The Balaban J connectivity index is 2.13. The molecule has 24 heavy (non-hydrogen) atoms. The van der Waals surface area contributed by atoms with E-state index in [1.807, 2.05) is 75.4 Å². The van der Waals surface area contributed by atoms with E-state index in [9.17, 15) is 4.79 Å². The zero-order valence-electron chi connectivity index (χ0n) is 14.2. The Bertz CT molecular complexity index is 870. The molecule has 3 aromatic rings. The number of benzene rings is 2. The number of rotatable bonds is 4. The molecule has 3 nitrogen and oxygen atoms in total. The third-order valence-electron chi connectivity index (χ3n) is 3.80. The minimum absolute atomic E-state index is 0.293. The fraction of sp³-hybridized carbons (Fsp3) is 0.238. The van der Waals surface area contributed by atoms with Crippen LogP contribution in [0, 0.1) is 12.8 Å². The van der Waals surface area contributed by atoms with E-state index in [2.05, 4.69) is 0 Å². The summed E-state index contributed by atoms with van der Waals surface area (Å²) in [6.07, 6.45) is 0. The lowest BCUT2D eigenvalue weighted by Crippen LogP contribution is -2.11. The van der Waals surface area contributed by atoms with Gasteiger partial charge in [-0.1, -0.05) is 55.8 Å². The maximum Gasteiger partial charge on any atom is 0.338 e. The van der Waals surface area contributed by atoms with E-state index in [1.54, 1.807) is 0 Å². The highest BCUT2D eigenvalue weighted by atomic mass is 16.5. The van der Waals surface area contributed by atoms with E-state index in [0.717, 1.165) is 27.7 Å². The molecule has 0 fully saturated rings. The second kappa shape index (κ2) is 6.83. The number of aromatic nitrogens is 1. The molecule has 0 aliphatic heterocycles. The highest BCUT2D eigenvalue weighted by molar-refractivity contribution is 6.04. The molecule has 1 heterocycles. The number of esters is 1. The van der Waals surface area contributed by atoms with Crippen molar-refractivity contribution in [1.29, 1.82) is 0 Å². The zero-order chi connectivity index (χ0) is 17.1. The maximum atomic E-state index is 12.6. The van der Waals surface area contributed by atoms with Crippen LogP contribution >= 0.6 is 0 Å². The minimum atomic E-state index is -0.293. The first-order valence-electron chi connectivity index (χ1n) is 8.18. The van der Waals surface area contributed by atoms with E-state index in [1.165, 1.54) is 0 Å². The Hall–Kier alpha value is -2.68. The fourth-order valence-electron chi connectivity index (χ4n) is 2.59. The van der Waals surface area contributed by atoms with E-state index in [0.29, 0.717) is 18.1 Å². The molecule has 0 radical (unpaired) electrons. The van der Waals surface area contributed by atoms with Gasteiger partial charge >= 0.3 is 5.97 Å². The lowest BCUT2D eigenvalue weighted by molar-refractivity contribution is 0.0461. The van der Waals surface area contributed by atoms with Gasteiger partial charge < -0.3 is 4.74 Å². The summed E-state index contributed by atoms with van der Waals surface area (Å²) >= 11 is 0. The largest absolute Gasteiger partial charge is 0.462 e. The summed E-state index contributed by atoms with van der Waals surface area (Å²) in [5.41, 5.74) is 4.23. The Morgan fingerprint density at radius 1 is 1.08 bits per heavy atom. The van der Waals surface area contributed by atoms with Gasteiger partial charge in [0.2, 0.25) is 0 Å². The molecule has 0 N–H and O–H groups in total. The second-order valence-electron chi connectivity index (χ2n) is 6.43. The average Bonchev–Trinajstić information content (AvgIpc) is 2.59. The molecule has 0 amide bonds. The van der Waals surface area contributed by atoms with Gasteiger partial charge in [0, 0.05) is 10.9 Å². The highest BCUT2D eigenvalue weighted by Crippen LogP contribution is 2.26. The highest BCUT2D eigenvalue weighted by Gasteiger charge is 2.16. The fourth-order valence-corrected chi connectivity index (χ4v) is 2.59. The Labute approximate surface area is 142 Å². The van der Waals surface area contributed by atoms with Crippen LogP contribution in [0.3, 0.4) is 0 Å². The van der Waals surface area contributed by atoms with Crippen LogP contribution in [0.1, 0.15) is 29.8 Å². The molecule has 1 aromatic heterocycles. The van der Waals surface area contributed by atoms with Crippen LogP contribution in [0.5, 0.6) is 0 Å². The van der Waals surface area contributed by atoms with Crippen molar-refractivity contribution in [2.45, 2.75) is 20.8 Å². The number of nitrogens with zero attached hydrogens (tertiary/aromatic N) is 1. The van der Waals surface area contributed by atoms with Crippen molar-refractivity contribution in [3.63, 3.8) is 0 Å². The van der Waals surface area contributed by atoms with Crippen molar-refractivity contribution in [1.82, 2.24) is 4.98 Å². The summed E-state index contributed by atoms with van der Waals surface area (Å²) < 4.78 is 5.46. The number of carbonyl (C=O) groups is 1. The minimum Gasteiger partial charge on any atom is -0.462 e. The first kappa shape index (κ1) is 16.2. The molecule has 2 aromatic carbocycles. The number of fused-ring (bicyclic) bond motifs is 1. The lowest BCUT2D eigenvalue weighted by atomic mass is 10.0. The number of ether oxygens (including phenoxy) is 1. The van der Waals surface area contributed by atoms with Gasteiger partial charge in [-0.3, -0.25) is 0 Å². The first-order chi connectivity index (χ1) is 11.5. The monoisotopic (exact) mass is 319 g/mol. The van der Waals surface area contributed by atoms with E-state index in [-0.39, 0.29) is 5.97 Å². The number of pyridine rings is 1. The normalized spacial score (nSPS) is 11.0. The van der Waals surface area contributed by atoms with Gasteiger partial charge in [0.25, 0.3) is 0 Å². The molecule has 0 aliphatic rings. The van der Waals surface area contributed by atoms with Crippen LogP contribution in [0.25, 0.3) is 22.2 Å². The van der Waals surface area contributed by atoms with Crippen LogP contribution < -0.4 is 0 Å². The summed E-state index contributed by atoms with van der Waals surface area (Å²) in [7, 11) is 0. The van der Waals surface area contributed by atoms with Crippen LogP contribution in [-0.2, 0) is 4.74 Å². The second-order valence-corrected chi connectivity index (χ2v) is 6.43. The summed E-state index contributed by atoms with van der Waals surface area (Å²) in [6, 6.07) is 17.7. The molecule has 0 saturated carbocycles. The molecule has 3 rings (SSSR count). The molecule has 0 aliphatic carbocycles. The third kappa shape index (κ3) is 3.46. The Morgan fingerprint density at radius 2 is 1.83 bits per heavy atom. The van der Waals surface area contributed by atoms with Gasteiger partial charge in [0.1, 0.15) is 0 Å². The van der Waals surface area contributed by atoms with Gasteiger partial charge in [0.15, 0.2) is 0 Å².